The molecule has 1 heterocycles. The Balaban J connectivity index is 1.62. The van der Waals surface area contributed by atoms with Crippen molar-refractivity contribution in [1.82, 2.24) is 5.32 Å². The molecular formula is C30H36NO8P. The quantitative estimate of drug-likeness (QED) is 0.266. The van der Waals surface area contributed by atoms with Crippen LogP contribution in [0.3, 0.4) is 0 Å². The highest BCUT2D eigenvalue weighted by molar-refractivity contribution is 7.51. The smallest absolute Gasteiger partial charge is 0.328 e. The average molecular weight is 570 g/mol. The van der Waals surface area contributed by atoms with Gasteiger partial charge in [0.2, 0.25) is 5.91 Å². The molecule has 1 amide bonds. The number of ether oxygens (including phenoxy) is 4. The van der Waals surface area contributed by atoms with Gasteiger partial charge in [0.25, 0.3) is 0 Å². The van der Waals surface area contributed by atoms with E-state index < -0.39 is 44.2 Å². The van der Waals surface area contributed by atoms with E-state index in [9.17, 15) is 19.1 Å². The maximum absolute atomic E-state index is 12.3. The summed E-state index contributed by atoms with van der Waals surface area (Å²) in [5, 5.41) is 2.82. The fraction of sp³-hybridized carbons (Fsp3) is 0.367. The van der Waals surface area contributed by atoms with Gasteiger partial charge in [-0.15, -0.1) is 0 Å². The van der Waals surface area contributed by atoms with Gasteiger partial charge in [-0.3, -0.25) is 9.36 Å². The van der Waals surface area contributed by atoms with Gasteiger partial charge in [0.1, 0.15) is 18.3 Å². The Morgan fingerprint density at radius 2 is 1.25 bits per heavy atom. The number of carbonyl (C=O) groups excluding carboxylic acids is 1. The second kappa shape index (κ2) is 14.7. The summed E-state index contributed by atoms with van der Waals surface area (Å²) in [5.41, 5.74) is 2.81. The molecule has 5 atom stereocenters. The Kier molecular flexibility index (Phi) is 11.0. The van der Waals surface area contributed by atoms with Crippen molar-refractivity contribution in [3.8, 4) is 0 Å². The molecule has 0 spiro atoms. The van der Waals surface area contributed by atoms with E-state index in [-0.39, 0.29) is 25.7 Å². The summed E-state index contributed by atoms with van der Waals surface area (Å²) in [4.78, 5) is 32.0. The molecule has 1 aliphatic heterocycles. The predicted molar refractivity (Wildman–Crippen MR) is 149 cm³/mol. The molecule has 0 radical (unpaired) electrons. The van der Waals surface area contributed by atoms with Crippen LogP contribution in [0.5, 0.6) is 0 Å². The standard InChI is InChI=1S/C30H36NO8P/c1-22(32)31-28-27(21-40(33,34)35)39-26(20-36-17-23-11-5-2-6-12-23)29(37-18-24-13-7-3-8-14-24)30(28)38-19-25-15-9-4-10-16-25/h2-16,26-30H,17-21H2,1H3,(H,31,32)(H2,33,34,35)/t26-,27-,28+,29-,30-/m1/s1. The average Bonchev–Trinajstić information content (AvgIpc) is 2.93. The lowest BCUT2D eigenvalue weighted by molar-refractivity contribution is -0.228. The molecule has 0 aromatic heterocycles. The van der Waals surface area contributed by atoms with Gasteiger partial charge in [0.15, 0.2) is 0 Å². The lowest BCUT2D eigenvalue weighted by Crippen LogP contribution is -2.66. The summed E-state index contributed by atoms with van der Waals surface area (Å²) in [6, 6.07) is 27.9. The predicted octanol–water partition coefficient (Wildman–Crippen LogP) is 3.82. The van der Waals surface area contributed by atoms with Crippen molar-refractivity contribution < 1.29 is 38.1 Å². The van der Waals surface area contributed by atoms with Crippen LogP contribution >= 0.6 is 7.60 Å². The zero-order chi connectivity index (χ0) is 28.4. The highest BCUT2D eigenvalue weighted by atomic mass is 31.2. The number of hydrogen-bond donors (Lipinski definition) is 3. The van der Waals surface area contributed by atoms with E-state index in [0.717, 1.165) is 16.7 Å². The van der Waals surface area contributed by atoms with Gasteiger partial charge in [-0.25, -0.2) is 0 Å². The SMILES string of the molecule is CC(=O)N[C@@H]1[C@@H](OCc2ccccc2)[C@H](OCc2ccccc2)[C@@H](COCc2ccccc2)O[C@@H]1CP(=O)(O)O. The normalized spacial score (nSPS) is 23.0. The van der Waals surface area contributed by atoms with Crippen LogP contribution < -0.4 is 5.32 Å². The van der Waals surface area contributed by atoms with Crippen molar-refractivity contribution in [2.24, 2.45) is 0 Å². The molecular weight excluding hydrogens is 533 g/mol. The molecule has 10 heteroatoms. The number of hydrogen-bond acceptors (Lipinski definition) is 6. The first-order valence-electron chi connectivity index (χ1n) is 13.2. The minimum Gasteiger partial charge on any atom is -0.374 e. The molecule has 1 fully saturated rings. The third-order valence-electron chi connectivity index (χ3n) is 6.55. The lowest BCUT2D eigenvalue weighted by Gasteiger charge is -2.46. The molecule has 1 aliphatic rings. The zero-order valence-electron chi connectivity index (χ0n) is 22.4. The first-order chi connectivity index (χ1) is 19.3. The largest absolute Gasteiger partial charge is 0.374 e. The van der Waals surface area contributed by atoms with Crippen LogP contribution in [0.1, 0.15) is 23.6 Å². The van der Waals surface area contributed by atoms with Crippen LogP contribution in [0.25, 0.3) is 0 Å². The van der Waals surface area contributed by atoms with E-state index in [1.807, 2.05) is 91.0 Å². The maximum Gasteiger partial charge on any atom is 0.328 e. The van der Waals surface area contributed by atoms with Gasteiger partial charge < -0.3 is 34.1 Å². The Labute approximate surface area is 234 Å². The van der Waals surface area contributed by atoms with E-state index in [0.29, 0.717) is 6.61 Å². The molecule has 4 rings (SSSR count). The van der Waals surface area contributed by atoms with Crippen molar-refractivity contribution in [1.29, 1.82) is 0 Å². The zero-order valence-corrected chi connectivity index (χ0v) is 23.3. The molecule has 3 N–H and O–H groups in total. The Bertz CT molecular complexity index is 1220. The molecule has 3 aromatic rings. The molecule has 0 saturated carbocycles. The second-order valence-electron chi connectivity index (χ2n) is 9.81. The minimum absolute atomic E-state index is 0.0873. The number of carbonyl (C=O) groups is 1. The van der Waals surface area contributed by atoms with Gasteiger partial charge in [-0.05, 0) is 16.7 Å². The second-order valence-corrected chi connectivity index (χ2v) is 11.5. The molecule has 9 nitrogen and oxygen atoms in total. The number of amides is 1. The Morgan fingerprint density at radius 1 is 0.775 bits per heavy atom. The monoisotopic (exact) mass is 569 g/mol. The maximum atomic E-state index is 12.3. The summed E-state index contributed by atoms with van der Waals surface area (Å²) in [6.07, 6.45) is -3.86. The third-order valence-corrected chi connectivity index (χ3v) is 7.38. The molecule has 214 valence electrons. The van der Waals surface area contributed by atoms with E-state index in [4.69, 9.17) is 18.9 Å². The van der Waals surface area contributed by atoms with E-state index in [1.165, 1.54) is 6.92 Å². The third kappa shape index (κ3) is 9.35. The molecule has 40 heavy (non-hydrogen) atoms. The first kappa shape index (κ1) is 30.1. The van der Waals surface area contributed by atoms with Crippen LogP contribution in [0.15, 0.2) is 91.0 Å². The van der Waals surface area contributed by atoms with Gasteiger partial charge in [-0.2, -0.15) is 0 Å². The topological polar surface area (TPSA) is 124 Å². The van der Waals surface area contributed by atoms with E-state index in [1.54, 1.807) is 0 Å². The van der Waals surface area contributed by atoms with Crippen LogP contribution in [0.2, 0.25) is 0 Å². The van der Waals surface area contributed by atoms with Crippen LogP contribution in [0.4, 0.5) is 0 Å². The van der Waals surface area contributed by atoms with Crippen molar-refractivity contribution in [2.75, 3.05) is 12.8 Å². The fourth-order valence-corrected chi connectivity index (χ4v) is 5.53. The van der Waals surface area contributed by atoms with Crippen LogP contribution in [0, 0.1) is 0 Å². The van der Waals surface area contributed by atoms with Crippen molar-refractivity contribution in [3.05, 3.63) is 108 Å². The van der Waals surface area contributed by atoms with Gasteiger partial charge in [0.05, 0.1) is 44.7 Å². The van der Waals surface area contributed by atoms with Crippen molar-refractivity contribution in [2.45, 2.75) is 57.2 Å². The van der Waals surface area contributed by atoms with Gasteiger partial charge >= 0.3 is 7.60 Å². The van der Waals surface area contributed by atoms with E-state index in [2.05, 4.69) is 5.32 Å². The Hall–Kier alpha value is -2.88. The fourth-order valence-electron chi connectivity index (χ4n) is 4.75. The van der Waals surface area contributed by atoms with Crippen LogP contribution in [-0.2, 0) is 48.1 Å². The van der Waals surface area contributed by atoms with E-state index >= 15 is 0 Å². The number of rotatable bonds is 13. The summed E-state index contributed by atoms with van der Waals surface area (Å²) >= 11 is 0. The van der Waals surface area contributed by atoms with Gasteiger partial charge in [0, 0.05) is 6.92 Å². The summed E-state index contributed by atoms with van der Waals surface area (Å²) < 4.78 is 37.2. The minimum atomic E-state index is -4.52. The highest BCUT2D eigenvalue weighted by Crippen LogP contribution is 2.40. The summed E-state index contributed by atoms with van der Waals surface area (Å²) in [7, 11) is -4.52. The molecule has 3 aromatic carbocycles. The molecule has 1 saturated heterocycles. The number of benzene rings is 3. The molecule has 0 bridgehead atoms. The summed E-state index contributed by atoms with van der Waals surface area (Å²) in [6.45, 7) is 2.19. The van der Waals surface area contributed by atoms with Crippen molar-refractivity contribution in [3.63, 3.8) is 0 Å². The highest BCUT2D eigenvalue weighted by Gasteiger charge is 2.49. The lowest BCUT2D eigenvalue weighted by atomic mass is 9.92. The van der Waals surface area contributed by atoms with Crippen molar-refractivity contribution >= 4 is 13.5 Å². The van der Waals surface area contributed by atoms with Crippen LogP contribution in [-0.4, -0.2) is 58.9 Å². The summed E-state index contributed by atoms with van der Waals surface area (Å²) in [5.74, 6) is -0.377. The first-order valence-corrected chi connectivity index (χ1v) is 15.0. The Morgan fingerprint density at radius 3 is 1.73 bits per heavy atom. The number of nitrogens with one attached hydrogen (secondary N) is 1. The molecule has 0 unspecified atom stereocenters. The molecule has 0 aliphatic carbocycles. The van der Waals surface area contributed by atoms with Gasteiger partial charge in [-0.1, -0.05) is 91.0 Å².